The van der Waals surface area contributed by atoms with E-state index in [0.29, 0.717) is 25.4 Å². The number of aromatic nitrogens is 3. The fourth-order valence-corrected chi connectivity index (χ4v) is 3.55. The van der Waals surface area contributed by atoms with Gasteiger partial charge in [0.1, 0.15) is 5.82 Å². The fourth-order valence-electron chi connectivity index (χ4n) is 2.72. The highest BCUT2D eigenvalue weighted by molar-refractivity contribution is 7.99. The summed E-state index contributed by atoms with van der Waals surface area (Å²) in [7, 11) is 0. The molecule has 1 aliphatic carbocycles. The molecule has 3 rings (SSSR count). The molecule has 1 aliphatic rings. The Labute approximate surface area is 157 Å². The second kappa shape index (κ2) is 8.68. The Morgan fingerprint density at radius 2 is 2.15 bits per heavy atom. The van der Waals surface area contributed by atoms with Crippen LogP contribution in [0.1, 0.15) is 31.0 Å². The van der Waals surface area contributed by atoms with E-state index in [9.17, 15) is 4.79 Å². The van der Waals surface area contributed by atoms with E-state index in [2.05, 4.69) is 22.8 Å². The molecule has 26 heavy (non-hydrogen) atoms. The molecule has 134 valence electrons. The lowest BCUT2D eigenvalue weighted by Crippen LogP contribution is -2.33. The van der Waals surface area contributed by atoms with Gasteiger partial charge in [0.2, 0.25) is 5.91 Å². The zero-order valence-electron chi connectivity index (χ0n) is 14.5. The number of benzene rings is 1. The molecule has 0 saturated heterocycles. The van der Waals surface area contributed by atoms with Crippen molar-refractivity contribution < 1.29 is 4.79 Å². The van der Waals surface area contributed by atoms with Gasteiger partial charge in [-0.2, -0.15) is 5.26 Å². The van der Waals surface area contributed by atoms with Crippen molar-refractivity contribution in [1.29, 1.82) is 5.26 Å². The first-order chi connectivity index (χ1) is 12.7. The minimum atomic E-state index is -0.0439. The minimum absolute atomic E-state index is 0.0439. The standard InChI is InChI=1S/C19H21N5OS/c1-2-12-24-18(15-9-10-15)21-22-19(24)26-14-17(25)23(13-6-11-20)16-7-4-3-5-8-16/h2-5,7-8,15H,1,6,9-10,12-14H2. The summed E-state index contributed by atoms with van der Waals surface area (Å²) in [5.74, 6) is 1.69. The van der Waals surface area contributed by atoms with Crippen LogP contribution in [0.25, 0.3) is 0 Å². The monoisotopic (exact) mass is 367 g/mol. The van der Waals surface area contributed by atoms with Crippen LogP contribution < -0.4 is 4.90 Å². The maximum Gasteiger partial charge on any atom is 0.237 e. The highest BCUT2D eigenvalue weighted by atomic mass is 32.2. The van der Waals surface area contributed by atoms with Crippen LogP contribution in [0.5, 0.6) is 0 Å². The topological polar surface area (TPSA) is 74.8 Å². The number of nitriles is 1. The number of thioether (sulfide) groups is 1. The zero-order valence-corrected chi connectivity index (χ0v) is 15.4. The van der Waals surface area contributed by atoms with Gasteiger partial charge in [0.05, 0.1) is 18.2 Å². The van der Waals surface area contributed by atoms with Gasteiger partial charge < -0.3 is 9.47 Å². The summed E-state index contributed by atoms with van der Waals surface area (Å²) in [6, 6.07) is 11.5. The number of nitrogens with zero attached hydrogens (tertiary/aromatic N) is 5. The van der Waals surface area contributed by atoms with Crippen molar-refractivity contribution in [2.24, 2.45) is 0 Å². The van der Waals surface area contributed by atoms with Gasteiger partial charge in [0.25, 0.3) is 0 Å². The molecule has 6 nitrogen and oxygen atoms in total. The lowest BCUT2D eigenvalue weighted by Gasteiger charge is -2.21. The Morgan fingerprint density at radius 1 is 1.38 bits per heavy atom. The second-order valence-corrected chi connectivity index (χ2v) is 7.03. The van der Waals surface area contributed by atoms with E-state index in [1.807, 2.05) is 41.0 Å². The first kappa shape index (κ1) is 18.2. The maximum absolute atomic E-state index is 12.8. The first-order valence-electron chi connectivity index (χ1n) is 8.63. The van der Waals surface area contributed by atoms with E-state index >= 15 is 0 Å². The summed E-state index contributed by atoms with van der Waals surface area (Å²) in [5, 5.41) is 18.2. The Bertz CT molecular complexity index is 807. The van der Waals surface area contributed by atoms with Gasteiger partial charge in [-0.3, -0.25) is 4.79 Å². The van der Waals surface area contributed by atoms with Crippen molar-refractivity contribution in [2.45, 2.75) is 36.9 Å². The summed E-state index contributed by atoms with van der Waals surface area (Å²) in [4.78, 5) is 14.4. The van der Waals surface area contributed by atoms with E-state index in [1.165, 1.54) is 11.8 Å². The van der Waals surface area contributed by atoms with Crippen LogP contribution in [0.3, 0.4) is 0 Å². The molecule has 0 radical (unpaired) electrons. The average molecular weight is 367 g/mol. The van der Waals surface area contributed by atoms with Crippen LogP contribution in [-0.2, 0) is 11.3 Å². The third kappa shape index (κ3) is 4.33. The molecule has 0 spiro atoms. The molecule has 2 aromatic rings. The molecule has 1 saturated carbocycles. The van der Waals surface area contributed by atoms with E-state index in [1.54, 1.807) is 4.90 Å². The number of anilines is 1. The molecule has 1 fully saturated rings. The lowest BCUT2D eigenvalue weighted by atomic mass is 10.2. The molecule has 0 unspecified atom stereocenters. The van der Waals surface area contributed by atoms with Crippen LogP contribution in [0.4, 0.5) is 5.69 Å². The van der Waals surface area contributed by atoms with Gasteiger partial charge >= 0.3 is 0 Å². The number of carbonyl (C=O) groups excluding carboxylic acids is 1. The van der Waals surface area contributed by atoms with E-state index < -0.39 is 0 Å². The van der Waals surface area contributed by atoms with Gasteiger partial charge in [-0.25, -0.2) is 0 Å². The molecule has 0 N–H and O–H groups in total. The zero-order chi connectivity index (χ0) is 18.4. The normalized spacial score (nSPS) is 13.2. The van der Waals surface area contributed by atoms with Crippen LogP contribution in [0, 0.1) is 11.3 Å². The largest absolute Gasteiger partial charge is 0.311 e. The maximum atomic E-state index is 12.8. The van der Waals surface area contributed by atoms with E-state index in [-0.39, 0.29) is 11.7 Å². The summed E-state index contributed by atoms with van der Waals surface area (Å²) in [6.45, 7) is 4.83. The Kier molecular flexibility index (Phi) is 6.08. The summed E-state index contributed by atoms with van der Waals surface area (Å²) < 4.78 is 2.05. The van der Waals surface area contributed by atoms with Crippen molar-refractivity contribution in [3.63, 3.8) is 0 Å². The molecular weight excluding hydrogens is 346 g/mol. The predicted molar refractivity (Wildman–Crippen MR) is 102 cm³/mol. The van der Waals surface area contributed by atoms with Crippen LogP contribution >= 0.6 is 11.8 Å². The molecule has 1 amide bonds. The summed E-state index contributed by atoms with van der Waals surface area (Å²) in [5.41, 5.74) is 0.805. The van der Waals surface area contributed by atoms with Gasteiger partial charge in [-0.05, 0) is 25.0 Å². The third-order valence-electron chi connectivity index (χ3n) is 4.14. The molecular formula is C19H21N5OS. The Morgan fingerprint density at radius 3 is 2.81 bits per heavy atom. The number of hydrogen-bond acceptors (Lipinski definition) is 5. The summed E-state index contributed by atoms with van der Waals surface area (Å²) >= 11 is 1.39. The highest BCUT2D eigenvalue weighted by Gasteiger charge is 2.30. The SMILES string of the molecule is C=CCn1c(SCC(=O)N(CCC#N)c2ccccc2)nnc1C1CC1. The van der Waals surface area contributed by atoms with Crippen LogP contribution in [0.2, 0.25) is 0 Å². The molecule has 0 atom stereocenters. The number of rotatable bonds is 9. The van der Waals surface area contributed by atoms with Crippen molar-refractivity contribution in [3.05, 3.63) is 48.8 Å². The fraction of sp³-hybridized carbons (Fsp3) is 0.368. The van der Waals surface area contributed by atoms with Crippen molar-refractivity contribution in [1.82, 2.24) is 14.8 Å². The molecule has 1 heterocycles. The van der Waals surface area contributed by atoms with Gasteiger partial charge in [-0.1, -0.05) is 36.0 Å². The second-order valence-electron chi connectivity index (χ2n) is 6.09. The molecule has 0 bridgehead atoms. The number of amides is 1. The van der Waals surface area contributed by atoms with Crippen LogP contribution in [0.15, 0.2) is 48.1 Å². The quantitative estimate of drug-likeness (QED) is 0.502. The first-order valence-corrected chi connectivity index (χ1v) is 9.62. The molecule has 0 aliphatic heterocycles. The van der Waals surface area contributed by atoms with Gasteiger partial charge in [-0.15, -0.1) is 16.8 Å². The number of allylic oxidation sites excluding steroid dienone is 1. The van der Waals surface area contributed by atoms with Crippen molar-refractivity contribution >= 4 is 23.4 Å². The average Bonchev–Trinajstić information content (AvgIpc) is 3.43. The third-order valence-corrected chi connectivity index (χ3v) is 5.09. The van der Waals surface area contributed by atoms with E-state index in [4.69, 9.17) is 5.26 Å². The van der Waals surface area contributed by atoms with Gasteiger partial charge in [0, 0.05) is 24.7 Å². The molecule has 7 heteroatoms. The van der Waals surface area contributed by atoms with Crippen LogP contribution in [-0.4, -0.2) is 33.0 Å². The number of carbonyl (C=O) groups is 1. The Balaban J connectivity index is 1.70. The molecule has 1 aromatic heterocycles. The Hall–Kier alpha value is -2.59. The van der Waals surface area contributed by atoms with Gasteiger partial charge in [0.15, 0.2) is 5.16 Å². The van der Waals surface area contributed by atoms with Crippen molar-refractivity contribution in [3.8, 4) is 6.07 Å². The smallest absolute Gasteiger partial charge is 0.237 e. The van der Waals surface area contributed by atoms with Crippen molar-refractivity contribution in [2.75, 3.05) is 17.2 Å². The highest BCUT2D eigenvalue weighted by Crippen LogP contribution is 2.40. The predicted octanol–water partition coefficient (Wildman–Crippen LogP) is 3.38. The lowest BCUT2D eigenvalue weighted by molar-refractivity contribution is -0.116. The summed E-state index contributed by atoms with van der Waals surface area (Å²) in [6.07, 6.45) is 4.41. The molecule has 1 aromatic carbocycles. The van der Waals surface area contributed by atoms with E-state index in [0.717, 1.165) is 29.5 Å². The number of hydrogen-bond donors (Lipinski definition) is 0. The minimum Gasteiger partial charge on any atom is -0.311 e. The number of para-hydroxylation sites is 1.